The van der Waals surface area contributed by atoms with Crippen LogP contribution in [0.4, 0.5) is 0 Å². The Kier molecular flexibility index (Phi) is 5.35. The lowest BCUT2D eigenvalue weighted by molar-refractivity contribution is -0.145. The maximum Gasteiger partial charge on any atom is 0.323 e. The predicted molar refractivity (Wildman–Crippen MR) is 73.2 cm³/mol. The molecule has 3 nitrogen and oxygen atoms in total. The van der Waals surface area contributed by atoms with E-state index < -0.39 is 6.04 Å². The Morgan fingerprint density at radius 3 is 2.44 bits per heavy atom. The second kappa shape index (κ2) is 6.55. The lowest BCUT2D eigenvalue weighted by Gasteiger charge is -2.18. The molecule has 100 valence electrons. The summed E-state index contributed by atoms with van der Waals surface area (Å²) in [5, 5.41) is 0. The van der Waals surface area contributed by atoms with E-state index >= 15 is 0 Å². The average Bonchev–Trinajstić information content (AvgIpc) is 2.28. The Morgan fingerprint density at radius 2 is 1.89 bits per heavy atom. The van der Waals surface area contributed by atoms with Gasteiger partial charge in [-0.25, -0.2) is 0 Å². The SMILES string of the molecule is CC(C)(C)CCOC(=O)[C@@H](N)Cc1ccccc1. The minimum atomic E-state index is -0.577. The van der Waals surface area contributed by atoms with Crippen molar-refractivity contribution in [1.82, 2.24) is 0 Å². The third-order valence-corrected chi connectivity index (χ3v) is 2.70. The fraction of sp³-hybridized carbons (Fsp3) is 0.533. The Morgan fingerprint density at radius 1 is 1.28 bits per heavy atom. The first-order valence-corrected chi connectivity index (χ1v) is 6.34. The molecule has 0 saturated heterocycles. The van der Waals surface area contributed by atoms with Crippen molar-refractivity contribution in [2.75, 3.05) is 6.61 Å². The van der Waals surface area contributed by atoms with Crippen molar-refractivity contribution in [3.63, 3.8) is 0 Å². The van der Waals surface area contributed by atoms with Crippen molar-refractivity contribution in [3.05, 3.63) is 35.9 Å². The molecular weight excluding hydrogens is 226 g/mol. The van der Waals surface area contributed by atoms with E-state index in [-0.39, 0.29) is 11.4 Å². The topological polar surface area (TPSA) is 52.3 Å². The number of esters is 1. The second-order valence-corrected chi connectivity index (χ2v) is 5.77. The molecule has 0 aliphatic heterocycles. The summed E-state index contributed by atoms with van der Waals surface area (Å²) >= 11 is 0. The molecule has 2 N–H and O–H groups in total. The quantitative estimate of drug-likeness (QED) is 0.816. The highest BCUT2D eigenvalue weighted by Gasteiger charge is 2.17. The van der Waals surface area contributed by atoms with Gasteiger partial charge in [-0.2, -0.15) is 0 Å². The van der Waals surface area contributed by atoms with Gasteiger partial charge in [0.2, 0.25) is 0 Å². The maximum atomic E-state index is 11.7. The predicted octanol–water partition coefficient (Wildman–Crippen LogP) is 2.54. The largest absolute Gasteiger partial charge is 0.465 e. The Labute approximate surface area is 109 Å². The number of benzene rings is 1. The minimum Gasteiger partial charge on any atom is -0.465 e. The lowest BCUT2D eigenvalue weighted by Crippen LogP contribution is -2.34. The van der Waals surface area contributed by atoms with Crippen LogP contribution < -0.4 is 5.73 Å². The first-order valence-electron chi connectivity index (χ1n) is 6.34. The molecule has 1 rings (SSSR count). The fourth-order valence-electron chi connectivity index (χ4n) is 1.52. The van der Waals surface area contributed by atoms with Gasteiger partial charge in [0.25, 0.3) is 0 Å². The standard InChI is InChI=1S/C15H23NO2/c1-15(2,3)9-10-18-14(17)13(16)11-12-7-5-4-6-8-12/h4-8,13H,9-11,16H2,1-3H3/t13-/m0/s1. The summed E-state index contributed by atoms with van der Waals surface area (Å²) < 4.78 is 5.19. The Bertz CT molecular complexity index is 368. The second-order valence-electron chi connectivity index (χ2n) is 5.77. The van der Waals surface area contributed by atoms with Gasteiger partial charge in [-0.15, -0.1) is 0 Å². The molecular formula is C15H23NO2. The molecule has 3 heteroatoms. The van der Waals surface area contributed by atoms with Gasteiger partial charge in [0.15, 0.2) is 0 Å². The minimum absolute atomic E-state index is 0.170. The van der Waals surface area contributed by atoms with E-state index in [1.165, 1.54) is 0 Å². The van der Waals surface area contributed by atoms with Crippen LogP contribution >= 0.6 is 0 Å². The molecule has 1 atom stereocenters. The molecule has 0 radical (unpaired) electrons. The number of hydrogen-bond acceptors (Lipinski definition) is 3. The number of carbonyl (C=O) groups excluding carboxylic acids is 1. The van der Waals surface area contributed by atoms with Crippen LogP contribution in [0.1, 0.15) is 32.8 Å². The van der Waals surface area contributed by atoms with Crippen molar-refractivity contribution in [2.45, 2.75) is 39.7 Å². The van der Waals surface area contributed by atoms with Gasteiger partial charge in [-0.3, -0.25) is 4.79 Å². The maximum absolute atomic E-state index is 11.7. The van der Waals surface area contributed by atoms with Gasteiger partial charge in [0, 0.05) is 0 Å². The fourth-order valence-corrected chi connectivity index (χ4v) is 1.52. The van der Waals surface area contributed by atoms with Crippen molar-refractivity contribution in [2.24, 2.45) is 11.1 Å². The van der Waals surface area contributed by atoms with Crippen LogP contribution in [-0.2, 0) is 16.0 Å². The highest BCUT2D eigenvalue weighted by atomic mass is 16.5. The van der Waals surface area contributed by atoms with E-state index in [0.29, 0.717) is 13.0 Å². The van der Waals surface area contributed by atoms with E-state index in [2.05, 4.69) is 20.8 Å². The molecule has 0 unspecified atom stereocenters. The first kappa shape index (κ1) is 14.7. The first-order chi connectivity index (χ1) is 8.38. The molecule has 0 saturated carbocycles. The molecule has 0 fully saturated rings. The van der Waals surface area contributed by atoms with E-state index in [1.54, 1.807) is 0 Å². The molecule has 1 aromatic rings. The zero-order chi connectivity index (χ0) is 13.6. The van der Waals surface area contributed by atoms with Crippen LogP contribution in [0.25, 0.3) is 0 Å². The summed E-state index contributed by atoms with van der Waals surface area (Å²) in [7, 11) is 0. The highest BCUT2D eigenvalue weighted by molar-refractivity contribution is 5.75. The highest BCUT2D eigenvalue weighted by Crippen LogP contribution is 2.18. The molecule has 0 heterocycles. The van der Waals surface area contributed by atoms with Gasteiger partial charge in [-0.1, -0.05) is 51.1 Å². The molecule has 1 aromatic carbocycles. The monoisotopic (exact) mass is 249 g/mol. The van der Waals surface area contributed by atoms with Crippen LogP contribution in [0.5, 0.6) is 0 Å². The van der Waals surface area contributed by atoms with Crippen molar-refractivity contribution >= 4 is 5.97 Å². The number of carbonyl (C=O) groups is 1. The van der Waals surface area contributed by atoms with Crippen LogP contribution in [-0.4, -0.2) is 18.6 Å². The number of hydrogen-bond donors (Lipinski definition) is 1. The third kappa shape index (κ3) is 5.82. The van der Waals surface area contributed by atoms with Crippen molar-refractivity contribution < 1.29 is 9.53 Å². The van der Waals surface area contributed by atoms with Gasteiger partial charge in [-0.05, 0) is 23.8 Å². The molecule has 0 aliphatic rings. The molecule has 0 bridgehead atoms. The van der Waals surface area contributed by atoms with Crippen LogP contribution in [0.3, 0.4) is 0 Å². The molecule has 0 aromatic heterocycles. The third-order valence-electron chi connectivity index (χ3n) is 2.70. The normalized spacial score (nSPS) is 13.1. The van der Waals surface area contributed by atoms with Gasteiger partial charge < -0.3 is 10.5 Å². The van der Waals surface area contributed by atoms with Gasteiger partial charge in [0.05, 0.1) is 6.61 Å². The van der Waals surface area contributed by atoms with Crippen LogP contribution in [0, 0.1) is 5.41 Å². The Hall–Kier alpha value is -1.35. The van der Waals surface area contributed by atoms with Crippen LogP contribution in [0.2, 0.25) is 0 Å². The smallest absolute Gasteiger partial charge is 0.323 e. The average molecular weight is 249 g/mol. The summed E-state index contributed by atoms with van der Waals surface area (Å²) in [6.07, 6.45) is 1.37. The molecule has 0 spiro atoms. The summed E-state index contributed by atoms with van der Waals surface area (Å²) in [6, 6.07) is 9.16. The van der Waals surface area contributed by atoms with Crippen LogP contribution in [0.15, 0.2) is 30.3 Å². The summed E-state index contributed by atoms with van der Waals surface area (Å²) in [5.41, 5.74) is 7.05. The van der Waals surface area contributed by atoms with Crippen molar-refractivity contribution in [1.29, 1.82) is 0 Å². The number of ether oxygens (including phenoxy) is 1. The lowest BCUT2D eigenvalue weighted by atomic mass is 9.93. The summed E-state index contributed by atoms with van der Waals surface area (Å²) in [4.78, 5) is 11.7. The van der Waals surface area contributed by atoms with Gasteiger partial charge in [0.1, 0.15) is 6.04 Å². The number of rotatable bonds is 5. The molecule has 0 aliphatic carbocycles. The zero-order valence-corrected chi connectivity index (χ0v) is 11.5. The molecule has 18 heavy (non-hydrogen) atoms. The van der Waals surface area contributed by atoms with E-state index in [4.69, 9.17) is 10.5 Å². The molecule has 0 amide bonds. The van der Waals surface area contributed by atoms with E-state index in [0.717, 1.165) is 12.0 Å². The summed E-state index contributed by atoms with van der Waals surface area (Å²) in [6.45, 7) is 6.78. The Balaban J connectivity index is 2.34. The summed E-state index contributed by atoms with van der Waals surface area (Å²) in [5.74, 6) is -0.317. The van der Waals surface area contributed by atoms with Gasteiger partial charge >= 0.3 is 5.97 Å². The number of nitrogens with two attached hydrogens (primary N) is 1. The van der Waals surface area contributed by atoms with Crippen molar-refractivity contribution in [3.8, 4) is 0 Å². The van der Waals surface area contributed by atoms with E-state index in [1.807, 2.05) is 30.3 Å². The van der Waals surface area contributed by atoms with E-state index in [9.17, 15) is 4.79 Å². The zero-order valence-electron chi connectivity index (χ0n) is 11.5.